The molecule has 1 aliphatic rings. The number of aromatic nitrogens is 2. The van der Waals surface area contributed by atoms with Crippen molar-refractivity contribution in [3.05, 3.63) is 11.7 Å². The van der Waals surface area contributed by atoms with E-state index < -0.39 is 0 Å². The van der Waals surface area contributed by atoms with Crippen molar-refractivity contribution in [1.29, 1.82) is 0 Å². The van der Waals surface area contributed by atoms with E-state index in [9.17, 15) is 0 Å². The number of nitrogens with zero attached hydrogens (tertiary/aromatic N) is 2. The second-order valence-electron chi connectivity index (χ2n) is 3.42. The maximum Gasteiger partial charge on any atom is 0.228 e. The molecular formula is C9H14N2O2S. The summed E-state index contributed by atoms with van der Waals surface area (Å²) in [7, 11) is 0. The lowest BCUT2D eigenvalue weighted by Gasteiger charge is -2.02. The third-order valence-electron chi connectivity index (χ3n) is 2.27. The van der Waals surface area contributed by atoms with Crippen LogP contribution in [0, 0.1) is 0 Å². The standard InChI is InChI=1S/C9H14N2O2S/c12-4-3-9-10-8(11-13-9)6-7-2-1-5-14-7/h7,12H,1-6H2. The van der Waals surface area contributed by atoms with Gasteiger partial charge in [-0.25, -0.2) is 0 Å². The highest BCUT2D eigenvalue weighted by atomic mass is 32.2. The van der Waals surface area contributed by atoms with Crippen molar-refractivity contribution >= 4 is 11.8 Å². The predicted octanol–water partition coefficient (Wildman–Crippen LogP) is 1.04. The van der Waals surface area contributed by atoms with Crippen molar-refractivity contribution in [2.24, 2.45) is 0 Å². The van der Waals surface area contributed by atoms with Gasteiger partial charge < -0.3 is 9.63 Å². The topological polar surface area (TPSA) is 59.2 Å². The van der Waals surface area contributed by atoms with Crippen LogP contribution in [-0.4, -0.2) is 32.9 Å². The van der Waals surface area contributed by atoms with E-state index in [-0.39, 0.29) is 6.61 Å². The number of aliphatic hydroxyl groups is 1. The largest absolute Gasteiger partial charge is 0.396 e. The van der Waals surface area contributed by atoms with E-state index in [0.717, 1.165) is 12.2 Å². The minimum absolute atomic E-state index is 0.0693. The lowest BCUT2D eigenvalue weighted by Crippen LogP contribution is -2.03. The molecule has 0 radical (unpaired) electrons. The van der Waals surface area contributed by atoms with E-state index in [1.54, 1.807) is 0 Å². The lowest BCUT2D eigenvalue weighted by atomic mass is 10.2. The first kappa shape index (κ1) is 9.98. The maximum atomic E-state index is 8.68. The third-order valence-corrected chi connectivity index (χ3v) is 3.67. The first-order valence-corrected chi connectivity index (χ1v) is 5.97. The Balaban J connectivity index is 1.88. The number of rotatable bonds is 4. The molecule has 1 fully saturated rings. The molecule has 1 aliphatic heterocycles. The molecule has 1 unspecified atom stereocenters. The van der Waals surface area contributed by atoms with Crippen LogP contribution in [0.25, 0.3) is 0 Å². The molecule has 0 amide bonds. The van der Waals surface area contributed by atoms with Gasteiger partial charge in [-0.3, -0.25) is 0 Å². The van der Waals surface area contributed by atoms with E-state index in [1.165, 1.54) is 18.6 Å². The highest BCUT2D eigenvalue weighted by Gasteiger charge is 2.18. The smallest absolute Gasteiger partial charge is 0.228 e. The molecule has 1 atom stereocenters. The molecule has 0 bridgehead atoms. The quantitative estimate of drug-likeness (QED) is 0.811. The van der Waals surface area contributed by atoms with Gasteiger partial charge in [0.05, 0.1) is 13.0 Å². The van der Waals surface area contributed by atoms with Crippen LogP contribution in [0.15, 0.2) is 4.52 Å². The number of hydrogen-bond acceptors (Lipinski definition) is 5. The minimum Gasteiger partial charge on any atom is -0.396 e. The van der Waals surface area contributed by atoms with Gasteiger partial charge in [-0.1, -0.05) is 5.16 Å². The van der Waals surface area contributed by atoms with E-state index in [4.69, 9.17) is 9.63 Å². The Bertz CT molecular complexity index is 284. The zero-order chi connectivity index (χ0) is 9.80. The summed E-state index contributed by atoms with van der Waals surface area (Å²) in [6.07, 6.45) is 3.93. The molecule has 2 heterocycles. The van der Waals surface area contributed by atoms with Gasteiger partial charge in [-0.05, 0) is 18.6 Å². The summed E-state index contributed by atoms with van der Waals surface area (Å²) < 4.78 is 4.98. The number of aliphatic hydroxyl groups excluding tert-OH is 1. The summed E-state index contributed by atoms with van der Waals surface area (Å²) in [6, 6.07) is 0. The normalized spacial score (nSPS) is 21.6. The highest BCUT2D eigenvalue weighted by Crippen LogP contribution is 2.28. The number of thioether (sulfide) groups is 1. The van der Waals surface area contributed by atoms with Crippen LogP contribution >= 0.6 is 11.8 Å². The van der Waals surface area contributed by atoms with Gasteiger partial charge in [0.25, 0.3) is 0 Å². The Morgan fingerprint density at radius 3 is 3.21 bits per heavy atom. The fourth-order valence-corrected chi connectivity index (χ4v) is 2.85. The molecule has 1 saturated heterocycles. The molecule has 1 N–H and O–H groups in total. The first-order chi connectivity index (χ1) is 6.88. The van der Waals surface area contributed by atoms with E-state index in [0.29, 0.717) is 17.6 Å². The predicted molar refractivity (Wildman–Crippen MR) is 54.3 cm³/mol. The van der Waals surface area contributed by atoms with Crippen LogP contribution in [0.1, 0.15) is 24.6 Å². The molecule has 5 heteroatoms. The summed E-state index contributed by atoms with van der Waals surface area (Å²) >= 11 is 1.99. The van der Waals surface area contributed by atoms with Crippen molar-refractivity contribution in [3.63, 3.8) is 0 Å². The second kappa shape index (κ2) is 4.79. The Morgan fingerprint density at radius 1 is 1.57 bits per heavy atom. The average Bonchev–Trinajstić information content (AvgIpc) is 2.79. The first-order valence-electron chi connectivity index (χ1n) is 4.92. The molecule has 14 heavy (non-hydrogen) atoms. The van der Waals surface area contributed by atoms with Crippen LogP contribution in [-0.2, 0) is 12.8 Å². The SMILES string of the molecule is OCCc1nc(CC2CCCS2)no1. The Morgan fingerprint density at radius 2 is 2.50 bits per heavy atom. The average molecular weight is 214 g/mol. The molecule has 0 spiro atoms. The van der Waals surface area contributed by atoms with Gasteiger partial charge in [0.1, 0.15) is 0 Å². The molecule has 78 valence electrons. The molecule has 0 aliphatic carbocycles. The van der Waals surface area contributed by atoms with Crippen molar-refractivity contribution in [2.75, 3.05) is 12.4 Å². The summed E-state index contributed by atoms with van der Waals surface area (Å²) in [5, 5.41) is 13.2. The molecule has 1 aromatic rings. The van der Waals surface area contributed by atoms with Gasteiger partial charge in [0.15, 0.2) is 5.82 Å². The van der Waals surface area contributed by atoms with Gasteiger partial charge >= 0.3 is 0 Å². The van der Waals surface area contributed by atoms with E-state index >= 15 is 0 Å². The van der Waals surface area contributed by atoms with Crippen LogP contribution in [0.5, 0.6) is 0 Å². The zero-order valence-corrected chi connectivity index (χ0v) is 8.79. The second-order valence-corrected chi connectivity index (χ2v) is 4.83. The minimum atomic E-state index is 0.0693. The maximum absolute atomic E-state index is 8.68. The van der Waals surface area contributed by atoms with Crippen LogP contribution < -0.4 is 0 Å². The van der Waals surface area contributed by atoms with Gasteiger partial charge in [0, 0.05) is 11.7 Å². The summed E-state index contributed by atoms with van der Waals surface area (Å²) in [5.74, 6) is 2.59. The third kappa shape index (κ3) is 2.48. The van der Waals surface area contributed by atoms with Gasteiger partial charge in [0.2, 0.25) is 5.89 Å². The monoisotopic (exact) mass is 214 g/mol. The van der Waals surface area contributed by atoms with Gasteiger partial charge in [-0.2, -0.15) is 16.7 Å². The highest BCUT2D eigenvalue weighted by molar-refractivity contribution is 8.00. The van der Waals surface area contributed by atoms with Crippen LogP contribution in [0.3, 0.4) is 0 Å². The van der Waals surface area contributed by atoms with Crippen molar-refractivity contribution in [1.82, 2.24) is 10.1 Å². The number of hydrogen-bond donors (Lipinski definition) is 1. The van der Waals surface area contributed by atoms with E-state index in [2.05, 4.69) is 10.1 Å². The summed E-state index contributed by atoms with van der Waals surface area (Å²) in [6.45, 7) is 0.0693. The Hall–Kier alpha value is -0.550. The van der Waals surface area contributed by atoms with E-state index in [1.807, 2.05) is 11.8 Å². The summed E-state index contributed by atoms with van der Waals surface area (Å²) in [5.41, 5.74) is 0. The Kier molecular flexibility index (Phi) is 3.42. The molecule has 4 nitrogen and oxygen atoms in total. The summed E-state index contributed by atoms with van der Waals surface area (Å²) in [4.78, 5) is 4.21. The van der Waals surface area contributed by atoms with Crippen LogP contribution in [0.4, 0.5) is 0 Å². The molecule has 1 aromatic heterocycles. The van der Waals surface area contributed by atoms with Crippen molar-refractivity contribution < 1.29 is 9.63 Å². The van der Waals surface area contributed by atoms with Gasteiger partial charge in [-0.15, -0.1) is 0 Å². The lowest BCUT2D eigenvalue weighted by molar-refractivity contribution is 0.274. The fourth-order valence-electron chi connectivity index (χ4n) is 1.58. The fraction of sp³-hybridized carbons (Fsp3) is 0.778. The molecular weight excluding hydrogens is 200 g/mol. The molecule has 2 rings (SSSR count). The molecule has 0 saturated carbocycles. The van der Waals surface area contributed by atoms with Crippen molar-refractivity contribution in [3.8, 4) is 0 Å². The van der Waals surface area contributed by atoms with Crippen molar-refractivity contribution in [2.45, 2.75) is 30.9 Å². The Labute approximate surface area is 87.1 Å². The zero-order valence-electron chi connectivity index (χ0n) is 7.98. The molecule has 0 aromatic carbocycles. The van der Waals surface area contributed by atoms with Crippen LogP contribution in [0.2, 0.25) is 0 Å².